The third-order valence-corrected chi connectivity index (χ3v) is 2.88. The van der Waals surface area contributed by atoms with Gasteiger partial charge in [-0.2, -0.15) is 0 Å². The quantitative estimate of drug-likeness (QED) is 0.775. The van der Waals surface area contributed by atoms with Crippen LogP contribution in [0.1, 0.15) is 21.7 Å². The van der Waals surface area contributed by atoms with Crippen LogP contribution in [-0.4, -0.2) is 33.0 Å². The highest BCUT2D eigenvalue weighted by Gasteiger charge is 2.24. The first kappa shape index (κ1) is 11.7. The Labute approximate surface area is 109 Å². The Morgan fingerprint density at radius 1 is 1.37 bits per heavy atom. The minimum absolute atomic E-state index is 0.297. The minimum atomic E-state index is -0.461. The monoisotopic (exact) mass is 257 g/mol. The Hall–Kier alpha value is -2.41. The normalized spacial score (nSPS) is 13.1. The number of esters is 1. The molecule has 0 aromatic carbocycles. The van der Waals surface area contributed by atoms with Gasteiger partial charge in [0.05, 0.1) is 12.8 Å². The summed E-state index contributed by atoms with van der Waals surface area (Å²) < 4.78 is 4.76. The van der Waals surface area contributed by atoms with Gasteiger partial charge < -0.3 is 10.1 Å². The van der Waals surface area contributed by atoms with E-state index in [2.05, 4.69) is 25.3 Å². The SMILES string of the molecule is COC(=O)c1nc(-c2ccncn2)nc2c1CNC2. The number of ether oxygens (including phenoxy) is 1. The summed E-state index contributed by atoms with van der Waals surface area (Å²) in [6.45, 7) is 1.18. The summed E-state index contributed by atoms with van der Waals surface area (Å²) in [5.41, 5.74) is 2.48. The lowest BCUT2D eigenvalue weighted by Crippen LogP contribution is -2.12. The molecule has 7 heteroatoms. The first-order valence-electron chi connectivity index (χ1n) is 5.75. The van der Waals surface area contributed by atoms with E-state index in [1.807, 2.05) is 0 Å². The van der Waals surface area contributed by atoms with E-state index in [0.29, 0.717) is 30.3 Å². The number of hydrogen-bond acceptors (Lipinski definition) is 7. The average Bonchev–Trinajstić information content (AvgIpc) is 2.94. The van der Waals surface area contributed by atoms with Gasteiger partial charge in [-0.3, -0.25) is 0 Å². The predicted octanol–water partition coefficient (Wildman–Crippen LogP) is 0.323. The number of rotatable bonds is 2. The molecule has 3 rings (SSSR count). The number of carbonyl (C=O) groups excluding carboxylic acids is 1. The molecular weight excluding hydrogens is 246 g/mol. The van der Waals surface area contributed by atoms with Crippen molar-refractivity contribution in [2.24, 2.45) is 0 Å². The molecule has 0 unspecified atom stereocenters. The maximum atomic E-state index is 11.8. The fourth-order valence-corrected chi connectivity index (χ4v) is 1.97. The van der Waals surface area contributed by atoms with Crippen LogP contribution in [0.25, 0.3) is 11.5 Å². The van der Waals surface area contributed by atoms with Crippen LogP contribution in [0.3, 0.4) is 0 Å². The second kappa shape index (κ2) is 4.69. The number of carbonyl (C=O) groups is 1. The molecule has 0 spiro atoms. The highest BCUT2D eigenvalue weighted by atomic mass is 16.5. The maximum Gasteiger partial charge on any atom is 0.357 e. The summed E-state index contributed by atoms with van der Waals surface area (Å²) in [5.74, 6) is -0.0529. The van der Waals surface area contributed by atoms with Crippen LogP contribution in [0.5, 0.6) is 0 Å². The zero-order chi connectivity index (χ0) is 13.2. The lowest BCUT2D eigenvalue weighted by molar-refractivity contribution is 0.0592. The van der Waals surface area contributed by atoms with Crippen LogP contribution in [-0.2, 0) is 17.8 Å². The summed E-state index contributed by atoms with van der Waals surface area (Å²) >= 11 is 0. The molecule has 1 N–H and O–H groups in total. The standard InChI is InChI=1S/C12H11N5O2/c1-19-12(18)10-7-4-14-5-9(7)16-11(17-10)8-2-3-13-6-15-8/h2-3,6,14H,4-5H2,1H3. The van der Waals surface area contributed by atoms with E-state index < -0.39 is 5.97 Å². The fraction of sp³-hybridized carbons (Fsp3) is 0.250. The van der Waals surface area contributed by atoms with Gasteiger partial charge in [-0.1, -0.05) is 0 Å². The maximum absolute atomic E-state index is 11.8. The van der Waals surface area contributed by atoms with Crippen LogP contribution in [0.15, 0.2) is 18.6 Å². The Bertz CT molecular complexity index is 630. The number of fused-ring (bicyclic) bond motifs is 1. The second-order valence-electron chi connectivity index (χ2n) is 4.01. The number of aromatic nitrogens is 4. The number of methoxy groups -OCH3 is 1. The third kappa shape index (κ3) is 2.04. The molecular formula is C12H11N5O2. The van der Waals surface area contributed by atoms with Gasteiger partial charge in [0.2, 0.25) is 0 Å². The topological polar surface area (TPSA) is 89.9 Å². The van der Waals surface area contributed by atoms with Crippen molar-refractivity contribution in [2.75, 3.05) is 7.11 Å². The first-order chi connectivity index (χ1) is 9.29. The van der Waals surface area contributed by atoms with Gasteiger partial charge in [0.1, 0.15) is 12.0 Å². The van der Waals surface area contributed by atoms with Gasteiger partial charge in [-0.25, -0.2) is 24.7 Å². The summed E-state index contributed by atoms with van der Waals surface area (Å²) in [4.78, 5) is 28.4. The summed E-state index contributed by atoms with van der Waals surface area (Å²) in [6.07, 6.45) is 3.02. The van der Waals surface area contributed by atoms with Gasteiger partial charge in [0, 0.05) is 24.8 Å². The molecule has 1 aliphatic rings. The third-order valence-electron chi connectivity index (χ3n) is 2.88. The summed E-state index contributed by atoms with van der Waals surface area (Å²) in [6, 6.07) is 1.70. The van der Waals surface area contributed by atoms with E-state index in [0.717, 1.165) is 11.3 Å². The van der Waals surface area contributed by atoms with E-state index in [9.17, 15) is 4.79 Å². The molecule has 0 amide bonds. The van der Waals surface area contributed by atoms with Crippen molar-refractivity contribution in [3.05, 3.63) is 35.5 Å². The largest absolute Gasteiger partial charge is 0.464 e. The summed E-state index contributed by atoms with van der Waals surface area (Å²) in [5, 5.41) is 3.14. The Morgan fingerprint density at radius 3 is 3.00 bits per heavy atom. The van der Waals surface area contributed by atoms with Gasteiger partial charge in [-0.05, 0) is 6.07 Å². The molecule has 19 heavy (non-hydrogen) atoms. The molecule has 0 saturated heterocycles. The van der Waals surface area contributed by atoms with Crippen LogP contribution >= 0.6 is 0 Å². The van der Waals surface area contributed by atoms with Gasteiger partial charge in [0.15, 0.2) is 11.5 Å². The van der Waals surface area contributed by atoms with Crippen LogP contribution in [0, 0.1) is 0 Å². The van der Waals surface area contributed by atoms with E-state index in [-0.39, 0.29) is 0 Å². The van der Waals surface area contributed by atoms with Crippen molar-refractivity contribution >= 4 is 5.97 Å². The number of hydrogen-bond donors (Lipinski definition) is 1. The molecule has 0 atom stereocenters. The summed E-state index contributed by atoms with van der Waals surface area (Å²) in [7, 11) is 1.34. The molecule has 0 saturated carbocycles. The zero-order valence-corrected chi connectivity index (χ0v) is 10.3. The van der Waals surface area contributed by atoms with Gasteiger partial charge in [-0.15, -0.1) is 0 Å². The molecule has 0 bridgehead atoms. The van der Waals surface area contributed by atoms with Crippen LogP contribution < -0.4 is 5.32 Å². The lowest BCUT2D eigenvalue weighted by atomic mass is 10.2. The zero-order valence-electron chi connectivity index (χ0n) is 10.3. The Balaban J connectivity index is 2.15. The van der Waals surface area contributed by atoms with E-state index >= 15 is 0 Å². The number of nitrogens with zero attached hydrogens (tertiary/aromatic N) is 4. The molecule has 3 heterocycles. The lowest BCUT2D eigenvalue weighted by Gasteiger charge is -2.07. The van der Waals surface area contributed by atoms with Crippen LogP contribution in [0.2, 0.25) is 0 Å². The number of nitrogens with one attached hydrogen (secondary N) is 1. The van der Waals surface area contributed by atoms with Gasteiger partial charge >= 0.3 is 5.97 Å². The molecule has 2 aromatic heterocycles. The second-order valence-corrected chi connectivity index (χ2v) is 4.01. The molecule has 2 aromatic rings. The predicted molar refractivity (Wildman–Crippen MR) is 64.9 cm³/mol. The molecule has 0 radical (unpaired) electrons. The highest BCUT2D eigenvalue weighted by molar-refractivity contribution is 5.89. The molecule has 0 fully saturated rings. The van der Waals surface area contributed by atoms with Gasteiger partial charge in [0.25, 0.3) is 0 Å². The van der Waals surface area contributed by atoms with Crippen molar-refractivity contribution < 1.29 is 9.53 Å². The van der Waals surface area contributed by atoms with E-state index in [1.54, 1.807) is 12.3 Å². The minimum Gasteiger partial charge on any atom is -0.464 e. The van der Waals surface area contributed by atoms with Crippen molar-refractivity contribution in [3.63, 3.8) is 0 Å². The fourth-order valence-electron chi connectivity index (χ4n) is 1.97. The van der Waals surface area contributed by atoms with Crippen molar-refractivity contribution in [3.8, 4) is 11.5 Å². The smallest absolute Gasteiger partial charge is 0.357 e. The molecule has 96 valence electrons. The van der Waals surface area contributed by atoms with E-state index in [4.69, 9.17) is 4.74 Å². The Morgan fingerprint density at radius 2 is 2.26 bits per heavy atom. The molecule has 0 aliphatic carbocycles. The Kier molecular flexibility index (Phi) is 2.88. The van der Waals surface area contributed by atoms with Crippen molar-refractivity contribution in [2.45, 2.75) is 13.1 Å². The van der Waals surface area contributed by atoms with Crippen LogP contribution in [0.4, 0.5) is 0 Å². The average molecular weight is 257 g/mol. The highest BCUT2D eigenvalue weighted by Crippen LogP contribution is 2.21. The molecule has 7 nitrogen and oxygen atoms in total. The van der Waals surface area contributed by atoms with E-state index in [1.165, 1.54) is 13.4 Å². The molecule has 1 aliphatic heterocycles. The van der Waals surface area contributed by atoms with Crippen molar-refractivity contribution in [1.82, 2.24) is 25.3 Å². The van der Waals surface area contributed by atoms with Crippen molar-refractivity contribution in [1.29, 1.82) is 0 Å². The first-order valence-corrected chi connectivity index (χ1v) is 5.75.